The maximum absolute atomic E-state index is 13.0. The summed E-state index contributed by atoms with van der Waals surface area (Å²) in [5.74, 6) is -0.152. The Morgan fingerprint density at radius 2 is 1.95 bits per heavy atom. The van der Waals surface area contributed by atoms with Gasteiger partial charge in [-0.05, 0) is 68.6 Å². The van der Waals surface area contributed by atoms with E-state index >= 15 is 0 Å². The van der Waals surface area contributed by atoms with Gasteiger partial charge in [-0.25, -0.2) is 4.98 Å². The summed E-state index contributed by atoms with van der Waals surface area (Å²) in [6.45, 7) is 4.09. The molecule has 2 saturated heterocycles. The molecule has 1 atom stereocenters. The van der Waals surface area contributed by atoms with Crippen LogP contribution < -0.4 is 5.32 Å². The van der Waals surface area contributed by atoms with E-state index in [1.54, 1.807) is 28.0 Å². The third kappa shape index (κ3) is 5.42. The largest absolute Gasteiger partial charge is 0.354 e. The van der Waals surface area contributed by atoms with Crippen LogP contribution in [-0.4, -0.2) is 85.2 Å². The molecule has 4 aromatic rings. The number of rotatable bonds is 8. The molecule has 6 rings (SSSR count). The van der Waals surface area contributed by atoms with E-state index in [1.165, 1.54) is 19.3 Å². The van der Waals surface area contributed by atoms with Crippen molar-refractivity contribution in [2.75, 3.05) is 32.7 Å². The lowest BCUT2D eigenvalue weighted by atomic mass is 10.1. The molecule has 2 aliphatic heterocycles. The first-order valence-electron chi connectivity index (χ1n) is 13.9. The van der Waals surface area contributed by atoms with Crippen molar-refractivity contribution in [2.45, 2.75) is 44.6 Å². The molecule has 4 aromatic heterocycles. The molecule has 39 heavy (non-hydrogen) atoms. The van der Waals surface area contributed by atoms with Crippen LogP contribution in [-0.2, 0) is 16.0 Å². The van der Waals surface area contributed by atoms with Gasteiger partial charge in [-0.3, -0.25) is 14.5 Å². The van der Waals surface area contributed by atoms with Crippen molar-refractivity contribution in [1.82, 2.24) is 39.9 Å². The number of hydrogen-bond acceptors (Lipinski definition) is 6. The predicted octanol–water partition coefficient (Wildman–Crippen LogP) is 2.96. The Labute approximate surface area is 227 Å². The van der Waals surface area contributed by atoms with E-state index in [2.05, 4.69) is 36.4 Å². The van der Waals surface area contributed by atoms with Crippen LogP contribution >= 0.6 is 0 Å². The minimum Gasteiger partial charge on any atom is -0.354 e. The normalized spacial score (nSPS) is 18.5. The molecule has 0 aromatic carbocycles. The number of amides is 2. The van der Waals surface area contributed by atoms with Crippen molar-refractivity contribution in [3.63, 3.8) is 0 Å². The highest BCUT2D eigenvalue weighted by molar-refractivity contribution is 5.97. The number of aromatic amines is 1. The standard InChI is InChI=1S/C29H34N8O2/c38-27(9-6-17-35-15-2-1-3-16-35)36-18-5-8-26(36)29(39)31-13-10-21-19-23-22(11-14-30-28(23)34-21)24-20-33-37-25(24)7-4-12-32-37/h4,6-7,9,11-12,14,19-20,26H,1-3,5,8,10,13,15-18H2,(H,30,34)(H,31,39)/b9-6+/t26-/m0/s1. The number of nitrogens with zero attached hydrogens (tertiary/aromatic N) is 6. The molecule has 0 unspecified atom stereocenters. The molecule has 2 amide bonds. The number of pyridine rings is 1. The van der Waals surface area contributed by atoms with Crippen molar-refractivity contribution in [2.24, 2.45) is 0 Å². The highest BCUT2D eigenvalue weighted by Crippen LogP contribution is 2.30. The number of fused-ring (bicyclic) bond motifs is 2. The van der Waals surface area contributed by atoms with Crippen LogP contribution in [0.5, 0.6) is 0 Å². The van der Waals surface area contributed by atoms with E-state index in [4.69, 9.17) is 0 Å². The Bertz CT molecular complexity index is 1500. The summed E-state index contributed by atoms with van der Waals surface area (Å²) in [4.78, 5) is 37.8. The number of hydrogen-bond donors (Lipinski definition) is 2. The van der Waals surface area contributed by atoms with Crippen molar-refractivity contribution >= 4 is 28.4 Å². The lowest BCUT2D eigenvalue weighted by molar-refractivity contribution is -0.135. The van der Waals surface area contributed by atoms with Gasteiger partial charge in [-0.1, -0.05) is 12.5 Å². The quantitative estimate of drug-likeness (QED) is 0.342. The predicted molar refractivity (Wildman–Crippen MR) is 149 cm³/mol. The minimum absolute atomic E-state index is 0.0678. The van der Waals surface area contributed by atoms with Crippen LogP contribution in [0.3, 0.4) is 0 Å². The topological polar surface area (TPSA) is 112 Å². The van der Waals surface area contributed by atoms with E-state index in [9.17, 15) is 9.59 Å². The van der Waals surface area contributed by atoms with Crippen LogP contribution in [0, 0.1) is 0 Å². The Balaban J connectivity index is 1.06. The maximum Gasteiger partial charge on any atom is 0.246 e. The first kappa shape index (κ1) is 25.2. The molecule has 2 N–H and O–H groups in total. The second-order valence-corrected chi connectivity index (χ2v) is 10.4. The fourth-order valence-corrected chi connectivity index (χ4v) is 5.77. The summed E-state index contributed by atoms with van der Waals surface area (Å²) < 4.78 is 1.62. The van der Waals surface area contributed by atoms with Gasteiger partial charge in [-0.2, -0.15) is 14.8 Å². The molecule has 0 spiro atoms. The molecule has 10 nitrogen and oxygen atoms in total. The average molecular weight is 527 g/mol. The maximum atomic E-state index is 13.0. The van der Waals surface area contributed by atoms with Crippen LogP contribution in [0.4, 0.5) is 0 Å². The lowest BCUT2D eigenvalue weighted by Gasteiger charge is -2.25. The number of piperidine rings is 1. The number of aromatic nitrogens is 5. The zero-order valence-electron chi connectivity index (χ0n) is 22.1. The van der Waals surface area contributed by atoms with Gasteiger partial charge in [0.25, 0.3) is 0 Å². The van der Waals surface area contributed by atoms with E-state index in [0.717, 1.165) is 59.4 Å². The van der Waals surface area contributed by atoms with Crippen LogP contribution in [0.2, 0.25) is 0 Å². The Morgan fingerprint density at radius 1 is 1.05 bits per heavy atom. The smallest absolute Gasteiger partial charge is 0.246 e. The van der Waals surface area contributed by atoms with E-state index in [0.29, 0.717) is 25.9 Å². The Hall–Kier alpha value is -4.05. The average Bonchev–Trinajstić information content (AvgIpc) is 3.71. The summed E-state index contributed by atoms with van der Waals surface area (Å²) in [7, 11) is 0. The van der Waals surface area contributed by atoms with E-state index in [-0.39, 0.29) is 11.8 Å². The Kier molecular flexibility index (Phi) is 7.36. The fraction of sp³-hybridized carbons (Fsp3) is 0.414. The van der Waals surface area contributed by atoms with Crippen LogP contribution in [0.1, 0.15) is 37.8 Å². The van der Waals surface area contributed by atoms with E-state index < -0.39 is 6.04 Å². The molecule has 202 valence electrons. The number of carbonyl (C=O) groups excluding carboxylic acids is 2. The summed E-state index contributed by atoms with van der Waals surface area (Å²) in [6, 6.07) is 7.56. The molecular formula is C29H34N8O2. The second kappa shape index (κ2) is 11.4. The van der Waals surface area contributed by atoms with Gasteiger partial charge in [0.05, 0.1) is 11.7 Å². The summed E-state index contributed by atoms with van der Waals surface area (Å²) in [6.07, 6.45) is 14.8. The molecular weight excluding hydrogens is 492 g/mol. The monoisotopic (exact) mass is 526 g/mol. The fourth-order valence-electron chi connectivity index (χ4n) is 5.77. The molecule has 2 fully saturated rings. The zero-order valence-corrected chi connectivity index (χ0v) is 22.1. The summed E-state index contributed by atoms with van der Waals surface area (Å²) in [5, 5.41) is 12.7. The van der Waals surface area contributed by atoms with Crippen molar-refractivity contribution < 1.29 is 9.59 Å². The van der Waals surface area contributed by atoms with Gasteiger partial charge in [0.15, 0.2) is 0 Å². The molecule has 0 aliphatic carbocycles. The molecule has 10 heteroatoms. The second-order valence-electron chi connectivity index (χ2n) is 10.4. The van der Waals surface area contributed by atoms with Gasteiger partial charge in [0, 0.05) is 61.2 Å². The van der Waals surface area contributed by atoms with Gasteiger partial charge < -0.3 is 15.2 Å². The third-order valence-corrected chi connectivity index (χ3v) is 7.79. The lowest BCUT2D eigenvalue weighted by Crippen LogP contribution is -2.46. The van der Waals surface area contributed by atoms with Crippen molar-refractivity contribution in [3.05, 3.63) is 60.7 Å². The van der Waals surface area contributed by atoms with E-state index in [1.807, 2.05) is 30.5 Å². The van der Waals surface area contributed by atoms with Crippen LogP contribution in [0.15, 0.2) is 55.0 Å². The molecule has 2 aliphatic rings. The number of nitrogens with one attached hydrogen (secondary N) is 2. The van der Waals surface area contributed by atoms with Gasteiger partial charge in [0.2, 0.25) is 11.8 Å². The third-order valence-electron chi connectivity index (χ3n) is 7.79. The number of likely N-dealkylation sites (tertiary alicyclic amines) is 2. The van der Waals surface area contributed by atoms with Crippen molar-refractivity contribution in [1.29, 1.82) is 0 Å². The summed E-state index contributed by atoms with van der Waals surface area (Å²) in [5.41, 5.74) is 4.73. The molecule has 6 heterocycles. The Morgan fingerprint density at radius 3 is 2.85 bits per heavy atom. The summed E-state index contributed by atoms with van der Waals surface area (Å²) >= 11 is 0. The first-order valence-corrected chi connectivity index (χ1v) is 13.9. The highest BCUT2D eigenvalue weighted by atomic mass is 16.2. The van der Waals surface area contributed by atoms with Gasteiger partial charge in [-0.15, -0.1) is 0 Å². The number of H-pyrrole nitrogens is 1. The SMILES string of the molecule is O=C(NCCc1cc2c(-c3cnn4ncccc34)ccnc2[nH]1)[C@@H]1CCCN1C(=O)/C=C/CN1CCCCC1. The van der Waals surface area contributed by atoms with Crippen molar-refractivity contribution in [3.8, 4) is 11.1 Å². The highest BCUT2D eigenvalue weighted by Gasteiger charge is 2.32. The van der Waals surface area contributed by atoms with Gasteiger partial charge in [0.1, 0.15) is 11.7 Å². The first-order chi connectivity index (χ1) is 19.2. The zero-order chi connectivity index (χ0) is 26.6. The van der Waals surface area contributed by atoms with Gasteiger partial charge >= 0.3 is 0 Å². The minimum atomic E-state index is -0.405. The molecule has 0 radical (unpaired) electrons. The molecule has 0 saturated carbocycles. The van der Waals surface area contributed by atoms with Crippen LogP contribution in [0.25, 0.3) is 27.7 Å². The molecule has 0 bridgehead atoms. The number of carbonyl (C=O) groups is 2.